The van der Waals surface area contributed by atoms with E-state index in [9.17, 15) is -0.211 Å². The molecule has 0 spiro atoms. The Morgan fingerprint density at radius 3 is 1.40 bits per heavy atom. The minimum absolute atomic E-state index is 0.438. The maximum absolute atomic E-state index is 9.69. The fourth-order valence-corrected chi connectivity index (χ4v) is 0. The summed E-state index contributed by atoms with van der Waals surface area (Å²) in [7, 11) is 0. The summed E-state index contributed by atoms with van der Waals surface area (Å²) in [6.45, 7) is 4.25. The molecule has 0 fully saturated rings. The first-order chi connectivity index (χ1) is 2.41. The second-order valence-electron chi connectivity index (χ2n) is 0.707. The van der Waals surface area contributed by atoms with Crippen molar-refractivity contribution in [3.63, 3.8) is 0 Å². The molecule has 28 valence electrons. The number of hydrogen-bond acceptors (Lipinski definition) is 0. The van der Waals surface area contributed by atoms with Gasteiger partial charge in [0.05, 0.1) is 0 Å². The van der Waals surface area contributed by atoms with Gasteiger partial charge >= 0.3 is 49.7 Å². The molecule has 0 unspecified atom stereocenters. The van der Waals surface area contributed by atoms with E-state index in [1.54, 1.807) is 0 Å². The van der Waals surface area contributed by atoms with Crippen LogP contribution >= 0.6 is 0 Å². The average molecular weight is 102 g/mol. The van der Waals surface area contributed by atoms with Crippen LogP contribution in [-0.4, -0.2) is 49.9 Å². The van der Waals surface area contributed by atoms with Crippen molar-refractivity contribution < 1.29 is -0.211 Å². The minimum atomic E-state index is -0.438. The van der Waals surface area contributed by atoms with E-state index in [0.717, 1.165) is 0 Å². The molecule has 0 aromatic carbocycles. The molecule has 0 aromatic rings. The van der Waals surface area contributed by atoms with Gasteiger partial charge in [0, 0.05) is 0 Å². The first-order valence-electron chi connectivity index (χ1n) is 1.79. The van der Waals surface area contributed by atoms with E-state index < -0.39 is 49.9 Å². The zero-order chi connectivity index (χ0) is 4.71. The zero-order valence-electron chi connectivity index (χ0n) is 4.09. The van der Waals surface area contributed by atoms with E-state index in [-0.39, 0.29) is 0 Å². The predicted molar refractivity (Wildman–Crippen MR) is 22.8 cm³/mol. The van der Waals surface area contributed by atoms with Crippen LogP contribution in [0.25, 0.3) is 0 Å². The maximum atomic E-state index is 9.69. The summed E-state index contributed by atoms with van der Waals surface area (Å²) in [6.07, 6.45) is 1.25. The van der Waals surface area contributed by atoms with E-state index in [4.69, 9.17) is 0 Å². The molecular formula is C3H8FK. The number of hydrogen-bond donors (Lipinski definition) is 0. The zero-order valence-corrected chi connectivity index (χ0v) is 7.21. The van der Waals surface area contributed by atoms with Gasteiger partial charge in [-0.3, -0.25) is 0 Å². The van der Waals surface area contributed by atoms with Crippen LogP contribution in [0.4, 0.5) is -0.211 Å². The van der Waals surface area contributed by atoms with Crippen LogP contribution in [0.15, 0.2) is 0 Å². The van der Waals surface area contributed by atoms with Crippen LogP contribution in [0, 0.1) is 0 Å². The summed E-state index contributed by atoms with van der Waals surface area (Å²) in [5.41, 5.74) is 0. The molecule has 0 atom stereocenters. The third-order valence-corrected chi connectivity index (χ3v) is 0. The third kappa shape index (κ3) is 28.9. The van der Waals surface area contributed by atoms with Crippen molar-refractivity contribution in [2.24, 2.45) is 0 Å². The van der Waals surface area contributed by atoms with Crippen LogP contribution in [-0.2, 0) is 0 Å². The Kier molecular flexibility index (Phi) is 34.4. The summed E-state index contributed by atoms with van der Waals surface area (Å²) in [6, 6.07) is 0. The SMILES string of the molecule is CCC.[F][K]. The van der Waals surface area contributed by atoms with Gasteiger partial charge in [0.25, 0.3) is 0 Å². The molecule has 0 amide bonds. The van der Waals surface area contributed by atoms with Gasteiger partial charge in [-0.15, -0.1) is 0 Å². The van der Waals surface area contributed by atoms with Gasteiger partial charge in [-0.1, -0.05) is 20.3 Å². The summed E-state index contributed by atoms with van der Waals surface area (Å²) in [5.74, 6) is 0. The molecule has 0 aliphatic rings. The van der Waals surface area contributed by atoms with E-state index >= 15 is 0 Å². The van der Waals surface area contributed by atoms with Gasteiger partial charge in [0.2, 0.25) is 0 Å². The number of rotatable bonds is 0. The predicted octanol–water partition coefficient (Wildman–Crippen LogP) is 1.46. The first kappa shape index (κ1) is 9.76. The quantitative estimate of drug-likeness (QED) is 0.406. The van der Waals surface area contributed by atoms with Crippen LogP contribution in [0.3, 0.4) is 0 Å². The van der Waals surface area contributed by atoms with Crippen molar-refractivity contribution in [2.75, 3.05) is 0 Å². The summed E-state index contributed by atoms with van der Waals surface area (Å²) < 4.78 is 9.69. The molecule has 0 saturated heterocycles. The molecule has 0 saturated carbocycles. The molecule has 0 nitrogen and oxygen atoms in total. The van der Waals surface area contributed by atoms with Gasteiger partial charge < -0.3 is 0 Å². The molecule has 0 aliphatic carbocycles. The van der Waals surface area contributed by atoms with Crippen molar-refractivity contribution >= 4 is 49.9 Å². The molecule has 5 heavy (non-hydrogen) atoms. The van der Waals surface area contributed by atoms with Crippen molar-refractivity contribution in [3.8, 4) is 0 Å². The first-order valence-corrected chi connectivity index (χ1v) is 2.97. The molecular weight excluding hydrogens is 94.1 g/mol. The Morgan fingerprint density at radius 1 is 1.40 bits per heavy atom. The summed E-state index contributed by atoms with van der Waals surface area (Å²) >= 11 is -0.438. The van der Waals surface area contributed by atoms with Crippen molar-refractivity contribution in [2.45, 2.75) is 20.3 Å². The van der Waals surface area contributed by atoms with E-state index in [1.165, 1.54) is 6.42 Å². The Balaban J connectivity index is 0. The standard InChI is InChI=1S/C3H8.FH.K/c1-3-2;;/h3H2,1-2H3;1H;/q;;+1/p-1. The molecule has 0 aromatic heterocycles. The summed E-state index contributed by atoms with van der Waals surface area (Å²) in [4.78, 5) is 0. The number of halogens is 1. The molecule has 0 radical (unpaired) electrons. The van der Waals surface area contributed by atoms with E-state index in [2.05, 4.69) is 13.8 Å². The van der Waals surface area contributed by atoms with Gasteiger partial charge in [-0.25, -0.2) is 0 Å². The monoisotopic (exact) mass is 102 g/mol. The molecule has 0 heterocycles. The second-order valence-corrected chi connectivity index (χ2v) is 0.707. The van der Waals surface area contributed by atoms with Gasteiger partial charge in [0.15, 0.2) is 0 Å². The second kappa shape index (κ2) is 17.6. The van der Waals surface area contributed by atoms with Crippen LogP contribution in [0.1, 0.15) is 20.3 Å². The topological polar surface area (TPSA) is 0 Å². The Bertz CT molecular complexity index is 6.85. The van der Waals surface area contributed by atoms with E-state index in [0.29, 0.717) is 0 Å². The molecule has 2 heteroatoms. The molecule has 0 N–H and O–H groups in total. The molecule has 0 rings (SSSR count). The van der Waals surface area contributed by atoms with Crippen LogP contribution < -0.4 is 0 Å². The summed E-state index contributed by atoms with van der Waals surface area (Å²) in [5, 5.41) is 0. The van der Waals surface area contributed by atoms with Crippen molar-refractivity contribution in [3.05, 3.63) is 0 Å². The van der Waals surface area contributed by atoms with Crippen LogP contribution in [0.5, 0.6) is 0 Å². The van der Waals surface area contributed by atoms with Crippen molar-refractivity contribution in [1.82, 2.24) is 0 Å². The third-order valence-electron chi connectivity index (χ3n) is 0. The van der Waals surface area contributed by atoms with Crippen LogP contribution in [0.2, 0.25) is 0 Å². The Labute approximate surface area is 68.7 Å². The molecule has 0 aliphatic heterocycles. The average Bonchev–Trinajstić information content (AvgIpc) is 1.46. The fraction of sp³-hybridized carbons (Fsp3) is 1.00. The fourth-order valence-electron chi connectivity index (χ4n) is 0. The Hall–Kier alpha value is 1.57. The van der Waals surface area contributed by atoms with Crippen molar-refractivity contribution in [1.29, 1.82) is 0 Å². The van der Waals surface area contributed by atoms with Gasteiger partial charge in [-0.05, 0) is 0 Å². The van der Waals surface area contributed by atoms with E-state index in [1.807, 2.05) is 0 Å². The van der Waals surface area contributed by atoms with Gasteiger partial charge in [-0.2, -0.15) is 0 Å². The molecule has 0 bridgehead atoms. The van der Waals surface area contributed by atoms with Gasteiger partial charge in [0.1, 0.15) is 0 Å². The Morgan fingerprint density at radius 2 is 1.40 bits per heavy atom. The normalized spacial score (nSPS) is 5.00.